The van der Waals surface area contributed by atoms with Crippen LogP contribution in [0.4, 0.5) is 16.2 Å². The molecule has 0 aromatic heterocycles. The van der Waals surface area contributed by atoms with E-state index in [1.807, 2.05) is 74.2 Å². The number of para-hydroxylation sites is 1. The van der Waals surface area contributed by atoms with Gasteiger partial charge in [0.1, 0.15) is 0 Å². The van der Waals surface area contributed by atoms with Gasteiger partial charge in [0, 0.05) is 29.6 Å². The molecule has 1 spiro atoms. The van der Waals surface area contributed by atoms with E-state index in [1.54, 1.807) is 16.7 Å². The van der Waals surface area contributed by atoms with Crippen LogP contribution in [0.2, 0.25) is 0 Å². The molecule has 0 aliphatic carbocycles. The van der Waals surface area contributed by atoms with Gasteiger partial charge in [-0.25, -0.2) is 4.79 Å². The second-order valence-corrected chi connectivity index (χ2v) is 8.52. The average molecular weight is 382 g/mol. The maximum atomic E-state index is 13.5. The molecule has 3 amide bonds. The van der Waals surface area contributed by atoms with Crippen LogP contribution < -0.4 is 10.2 Å². The lowest BCUT2D eigenvalue weighted by molar-refractivity contribution is -0.123. The molecule has 2 aromatic carbocycles. The zero-order valence-electron chi connectivity index (χ0n) is 15.7. The lowest BCUT2D eigenvalue weighted by Crippen LogP contribution is -2.52. The summed E-state index contributed by atoms with van der Waals surface area (Å²) in [6, 6.07) is 15.3. The van der Waals surface area contributed by atoms with E-state index in [4.69, 9.17) is 0 Å². The van der Waals surface area contributed by atoms with Crippen LogP contribution in [0.15, 0.2) is 48.5 Å². The predicted octanol–water partition coefficient (Wildman–Crippen LogP) is 4.18. The summed E-state index contributed by atoms with van der Waals surface area (Å²) in [6.45, 7) is 6.53. The van der Waals surface area contributed by atoms with Crippen molar-refractivity contribution in [3.8, 4) is 0 Å². The van der Waals surface area contributed by atoms with Gasteiger partial charge in [-0.2, -0.15) is 0 Å². The van der Waals surface area contributed by atoms with E-state index < -0.39 is 4.87 Å². The zero-order valence-corrected chi connectivity index (χ0v) is 16.5. The van der Waals surface area contributed by atoms with Crippen LogP contribution in [0.5, 0.6) is 0 Å². The first-order valence-electron chi connectivity index (χ1n) is 9.17. The Morgan fingerprint density at radius 2 is 1.96 bits per heavy atom. The molecule has 27 heavy (non-hydrogen) atoms. The molecule has 0 radical (unpaired) electrons. The summed E-state index contributed by atoms with van der Waals surface area (Å²) in [5, 5.41) is 2.97. The molecule has 2 aliphatic rings. The first-order chi connectivity index (χ1) is 12.9. The number of fused-ring (bicyclic) bond motifs is 2. The monoisotopic (exact) mass is 381 g/mol. The number of rotatable bonds is 2. The SMILES string of the molecule is Cc1cccc(NC(=O)N2CCSC23C(=O)N(C(C)C)c2ccccc23)c1. The lowest BCUT2D eigenvalue weighted by atomic mass is 10.1. The topological polar surface area (TPSA) is 52.7 Å². The number of hydrogen-bond acceptors (Lipinski definition) is 3. The van der Waals surface area contributed by atoms with Crippen molar-refractivity contribution in [3.63, 3.8) is 0 Å². The second-order valence-electron chi connectivity index (χ2n) is 7.23. The fourth-order valence-corrected chi connectivity index (χ4v) is 5.40. The highest BCUT2D eigenvalue weighted by Crippen LogP contribution is 2.54. The predicted molar refractivity (Wildman–Crippen MR) is 110 cm³/mol. The van der Waals surface area contributed by atoms with E-state index >= 15 is 0 Å². The molecule has 140 valence electrons. The highest BCUT2D eigenvalue weighted by Gasteiger charge is 2.59. The van der Waals surface area contributed by atoms with Gasteiger partial charge in [0.25, 0.3) is 5.91 Å². The molecule has 2 heterocycles. The van der Waals surface area contributed by atoms with E-state index in [-0.39, 0.29) is 18.0 Å². The third-order valence-electron chi connectivity index (χ3n) is 5.07. The van der Waals surface area contributed by atoms with Crippen molar-refractivity contribution in [1.82, 2.24) is 4.90 Å². The van der Waals surface area contributed by atoms with Crippen LogP contribution in [0.3, 0.4) is 0 Å². The molecule has 4 rings (SSSR count). The fourth-order valence-electron chi connectivity index (χ4n) is 3.95. The summed E-state index contributed by atoms with van der Waals surface area (Å²) in [5.74, 6) is 0.702. The number of benzene rings is 2. The molecule has 2 aliphatic heterocycles. The summed E-state index contributed by atoms with van der Waals surface area (Å²) in [5.41, 5.74) is 3.63. The van der Waals surface area contributed by atoms with Crippen LogP contribution in [-0.2, 0) is 9.67 Å². The van der Waals surface area contributed by atoms with Gasteiger partial charge in [0.05, 0.1) is 5.69 Å². The largest absolute Gasteiger partial charge is 0.323 e. The Labute approximate surface area is 163 Å². The quantitative estimate of drug-likeness (QED) is 0.849. The minimum atomic E-state index is -0.977. The second kappa shape index (κ2) is 6.60. The number of hydrogen-bond donors (Lipinski definition) is 1. The Morgan fingerprint density at radius 1 is 1.19 bits per heavy atom. The van der Waals surface area contributed by atoms with Gasteiger partial charge in [-0.15, -0.1) is 11.8 Å². The number of urea groups is 1. The molecule has 1 fully saturated rings. The van der Waals surface area contributed by atoms with E-state index in [0.29, 0.717) is 6.54 Å². The Kier molecular flexibility index (Phi) is 4.38. The van der Waals surface area contributed by atoms with E-state index in [1.165, 1.54) is 0 Å². The van der Waals surface area contributed by atoms with Crippen molar-refractivity contribution in [2.24, 2.45) is 0 Å². The standard InChI is InChI=1S/C21H23N3O2S/c1-14(2)24-18-10-5-4-9-17(18)21(19(24)25)23(11-12-27-21)20(26)22-16-8-6-7-15(3)13-16/h4-10,13-14H,11-12H2,1-3H3,(H,22,26). The summed E-state index contributed by atoms with van der Waals surface area (Å²) in [6.07, 6.45) is 0. The summed E-state index contributed by atoms with van der Waals surface area (Å²) < 4.78 is 0. The highest BCUT2D eigenvalue weighted by atomic mass is 32.2. The molecule has 5 nitrogen and oxygen atoms in total. The Balaban J connectivity index is 1.73. The third kappa shape index (κ3) is 2.70. The molecular formula is C21H23N3O2S. The van der Waals surface area contributed by atoms with Gasteiger partial charge in [-0.3, -0.25) is 9.69 Å². The lowest BCUT2D eigenvalue weighted by Gasteiger charge is -2.33. The van der Waals surface area contributed by atoms with Crippen molar-refractivity contribution < 1.29 is 9.59 Å². The Morgan fingerprint density at radius 3 is 2.70 bits per heavy atom. The number of thioether (sulfide) groups is 1. The van der Waals surface area contributed by atoms with E-state index in [2.05, 4.69) is 5.32 Å². The van der Waals surface area contributed by atoms with Crippen molar-refractivity contribution in [1.29, 1.82) is 0 Å². The van der Waals surface area contributed by atoms with Crippen LogP contribution in [0, 0.1) is 6.92 Å². The van der Waals surface area contributed by atoms with Crippen LogP contribution in [0.1, 0.15) is 25.0 Å². The molecule has 2 aromatic rings. The minimum Gasteiger partial charge on any atom is -0.308 e. The fraction of sp³-hybridized carbons (Fsp3) is 0.333. The van der Waals surface area contributed by atoms with Crippen molar-refractivity contribution in [3.05, 3.63) is 59.7 Å². The first-order valence-corrected chi connectivity index (χ1v) is 10.2. The summed E-state index contributed by atoms with van der Waals surface area (Å²) in [7, 11) is 0. The Hall–Kier alpha value is -2.47. The number of anilines is 2. The van der Waals surface area contributed by atoms with Crippen molar-refractivity contribution in [2.45, 2.75) is 31.7 Å². The van der Waals surface area contributed by atoms with Crippen LogP contribution in [-0.4, -0.2) is 35.2 Å². The van der Waals surface area contributed by atoms with Crippen LogP contribution >= 0.6 is 11.8 Å². The first kappa shape index (κ1) is 17.9. The van der Waals surface area contributed by atoms with Gasteiger partial charge in [-0.1, -0.05) is 30.3 Å². The number of aryl methyl sites for hydroxylation is 1. The molecule has 0 bridgehead atoms. The van der Waals surface area contributed by atoms with Gasteiger partial charge in [-0.05, 0) is 44.5 Å². The number of amides is 3. The summed E-state index contributed by atoms with van der Waals surface area (Å²) >= 11 is 1.55. The van der Waals surface area contributed by atoms with Crippen molar-refractivity contribution >= 4 is 35.1 Å². The number of nitrogens with zero attached hydrogens (tertiary/aromatic N) is 2. The number of carbonyl (C=O) groups is 2. The van der Waals surface area contributed by atoms with Gasteiger partial charge in [0.2, 0.25) is 0 Å². The molecule has 1 unspecified atom stereocenters. The van der Waals surface area contributed by atoms with E-state index in [9.17, 15) is 9.59 Å². The molecule has 0 saturated carbocycles. The van der Waals surface area contributed by atoms with Crippen LogP contribution in [0.25, 0.3) is 0 Å². The molecule has 1 atom stereocenters. The zero-order chi connectivity index (χ0) is 19.2. The minimum absolute atomic E-state index is 0.0272. The molecule has 1 N–H and O–H groups in total. The third-order valence-corrected chi connectivity index (χ3v) is 6.49. The number of nitrogens with one attached hydrogen (secondary N) is 1. The highest BCUT2D eigenvalue weighted by molar-refractivity contribution is 8.01. The Bertz CT molecular complexity index is 914. The average Bonchev–Trinajstić information content (AvgIpc) is 3.17. The maximum absolute atomic E-state index is 13.5. The maximum Gasteiger partial charge on any atom is 0.323 e. The number of carbonyl (C=O) groups excluding carboxylic acids is 2. The van der Waals surface area contributed by atoms with Gasteiger partial charge < -0.3 is 10.2 Å². The van der Waals surface area contributed by atoms with E-state index in [0.717, 1.165) is 28.3 Å². The molecule has 1 saturated heterocycles. The van der Waals surface area contributed by atoms with Gasteiger partial charge >= 0.3 is 6.03 Å². The van der Waals surface area contributed by atoms with Crippen molar-refractivity contribution in [2.75, 3.05) is 22.5 Å². The smallest absolute Gasteiger partial charge is 0.308 e. The summed E-state index contributed by atoms with van der Waals surface area (Å²) in [4.78, 5) is 29.2. The normalized spacial score (nSPS) is 21.3. The van der Waals surface area contributed by atoms with Gasteiger partial charge in [0.15, 0.2) is 4.87 Å². The molecular weight excluding hydrogens is 358 g/mol. The molecule has 6 heteroatoms.